The number of sulfonamides is 1. The molecule has 8 nitrogen and oxygen atoms in total. The van der Waals surface area contributed by atoms with Crippen molar-refractivity contribution in [2.24, 2.45) is 0 Å². The van der Waals surface area contributed by atoms with Crippen LogP contribution < -0.4 is 14.4 Å². The van der Waals surface area contributed by atoms with Crippen molar-refractivity contribution in [1.29, 1.82) is 0 Å². The van der Waals surface area contributed by atoms with Gasteiger partial charge < -0.3 is 14.8 Å². The Morgan fingerprint density at radius 3 is 2.58 bits per heavy atom. The number of benzene rings is 3. The highest BCUT2D eigenvalue weighted by atomic mass is 32.2. The molecule has 0 unspecified atom stereocenters. The molecule has 0 saturated heterocycles. The highest BCUT2D eigenvalue weighted by Crippen LogP contribution is 2.34. The van der Waals surface area contributed by atoms with Gasteiger partial charge in [-0.15, -0.1) is 0 Å². The van der Waals surface area contributed by atoms with Gasteiger partial charge in [-0.3, -0.25) is 9.10 Å². The zero-order chi connectivity index (χ0) is 25.9. The van der Waals surface area contributed by atoms with E-state index in [4.69, 9.17) is 9.47 Å². The number of methoxy groups -OCH3 is 1. The van der Waals surface area contributed by atoms with Crippen LogP contribution in [-0.2, 0) is 32.4 Å². The first kappa shape index (κ1) is 25.2. The number of aryl methyl sites for hydroxylation is 2. The number of nitrogens with zero attached hydrogens (tertiary/aromatic N) is 1. The van der Waals surface area contributed by atoms with Crippen LogP contribution in [0.5, 0.6) is 5.75 Å². The molecule has 0 atom stereocenters. The molecule has 1 aliphatic heterocycles. The number of ether oxygens (including phenoxy) is 2. The summed E-state index contributed by atoms with van der Waals surface area (Å²) in [5.41, 5.74) is 4.05. The standard InChI is InChI=1S/C27H28N2O6S/c1-4-19-10-7-8-18(2)26(19)28-25(30)17-35-27(31)22-16-21(12-13-24(22)34-3)36(32,33)29-15-14-20-9-5-6-11-23(20)29/h5-13,16H,4,14-15,17H2,1-3H3,(H,28,30). The van der Waals surface area contributed by atoms with Gasteiger partial charge in [0.2, 0.25) is 0 Å². The fourth-order valence-corrected chi connectivity index (χ4v) is 5.81. The summed E-state index contributed by atoms with van der Waals surface area (Å²) in [6.07, 6.45) is 1.34. The van der Waals surface area contributed by atoms with Crippen molar-refractivity contribution in [3.63, 3.8) is 0 Å². The first-order valence-electron chi connectivity index (χ1n) is 11.6. The zero-order valence-corrected chi connectivity index (χ0v) is 21.2. The third kappa shape index (κ3) is 4.92. The van der Waals surface area contributed by atoms with Gasteiger partial charge in [-0.25, -0.2) is 13.2 Å². The lowest BCUT2D eigenvalue weighted by Crippen LogP contribution is -2.29. The van der Waals surface area contributed by atoms with Gasteiger partial charge in [-0.1, -0.05) is 43.3 Å². The molecule has 36 heavy (non-hydrogen) atoms. The number of amides is 1. The molecule has 0 radical (unpaired) electrons. The largest absolute Gasteiger partial charge is 0.496 e. The molecule has 1 aliphatic rings. The number of hydrogen-bond acceptors (Lipinski definition) is 6. The summed E-state index contributed by atoms with van der Waals surface area (Å²) < 4.78 is 38.6. The molecule has 0 aromatic heterocycles. The molecule has 1 heterocycles. The average molecular weight is 509 g/mol. The fourth-order valence-electron chi connectivity index (χ4n) is 4.28. The number of esters is 1. The third-order valence-electron chi connectivity index (χ3n) is 6.16. The van der Waals surface area contributed by atoms with Crippen LogP contribution in [0.25, 0.3) is 0 Å². The zero-order valence-electron chi connectivity index (χ0n) is 20.4. The summed E-state index contributed by atoms with van der Waals surface area (Å²) in [6, 6.07) is 17.1. The van der Waals surface area contributed by atoms with Crippen LogP contribution in [0.2, 0.25) is 0 Å². The van der Waals surface area contributed by atoms with Crippen molar-refractivity contribution < 1.29 is 27.5 Å². The quantitative estimate of drug-likeness (QED) is 0.460. The van der Waals surface area contributed by atoms with E-state index >= 15 is 0 Å². The number of carbonyl (C=O) groups excluding carboxylic acids is 2. The van der Waals surface area contributed by atoms with E-state index in [1.54, 1.807) is 12.1 Å². The minimum atomic E-state index is -3.93. The number of anilines is 2. The van der Waals surface area contributed by atoms with Crippen LogP contribution in [0.3, 0.4) is 0 Å². The van der Waals surface area contributed by atoms with Crippen LogP contribution in [0.15, 0.2) is 65.6 Å². The van der Waals surface area contributed by atoms with Crippen LogP contribution in [-0.4, -0.2) is 40.6 Å². The molecule has 0 bridgehead atoms. The Hall–Kier alpha value is -3.85. The Kier molecular flexibility index (Phi) is 7.30. The first-order valence-corrected chi connectivity index (χ1v) is 13.0. The maximum absolute atomic E-state index is 13.4. The second-order valence-corrected chi connectivity index (χ2v) is 10.3. The van der Waals surface area contributed by atoms with Crippen molar-refractivity contribution in [3.8, 4) is 5.75 Å². The van der Waals surface area contributed by atoms with Gasteiger partial charge in [0.25, 0.3) is 15.9 Å². The lowest BCUT2D eigenvalue weighted by Gasteiger charge is -2.20. The summed E-state index contributed by atoms with van der Waals surface area (Å²) in [5, 5.41) is 2.80. The maximum Gasteiger partial charge on any atom is 0.342 e. The van der Waals surface area contributed by atoms with Gasteiger partial charge >= 0.3 is 5.97 Å². The van der Waals surface area contributed by atoms with Gasteiger partial charge in [0.15, 0.2) is 6.61 Å². The Labute approximate surface area is 210 Å². The molecule has 1 amide bonds. The summed E-state index contributed by atoms with van der Waals surface area (Å²) in [7, 11) is -2.56. The molecule has 1 N–H and O–H groups in total. The minimum absolute atomic E-state index is 0.0658. The predicted octanol–water partition coefficient (Wildman–Crippen LogP) is 4.11. The number of hydrogen-bond donors (Lipinski definition) is 1. The molecule has 3 aromatic carbocycles. The van der Waals surface area contributed by atoms with Gasteiger partial charge in [0, 0.05) is 12.2 Å². The molecule has 3 aromatic rings. The highest BCUT2D eigenvalue weighted by Gasteiger charge is 2.32. The van der Waals surface area contributed by atoms with Gasteiger partial charge in [0.1, 0.15) is 11.3 Å². The average Bonchev–Trinajstić information content (AvgIpc) is 3.33. The topological polar surface area (TPSA) is 102 Å². The normalized spacial score (nSPS) is 12.7. The Balaban J connectivity index is 1.52. The number of nitrogens with one attached hydrogen (secondary N) is 1. The monoisotopic (exact) mass is 508 g/mol. The summed E-state index contributed by atoms with van der Waals surface area (Å²) in [6.45, 7) is 3.65. The SMILES string of the molecule is CCc1cccc(C)c1NC(=O)COC(=O)c1cc(S(=O)(=O)N2CCc3ccccc32)ccc1OC. The van der Waals surface area contributed by atoms with E-state index in [0.717, 1.165) is 23.1 Å². The summed E-state index contributed by atoms with van der Waals surface area (Å²) >= 11 is 0. The van der Waals surface area contributed by atoms with E-state index in [1.165, 1.54) is 29.6 Å². The number of rotatable bonds is 8. The number of fused-ring (bicyclic) bond motifs is 1. The van der Waals surface area contributed by atoms with Crippen molar-refractivity contribution >= 4 is 33.3 Å². The van der Waals surface area contributed by atoms with Crippen molar-refractivity contribution in [2.45, 2.75) is 31.6 Å². The highest BCUT2D eigenvalue weighted by molar-refractivity contribution is 7.92. The molecular formula is C27H28N2O6S. The first-order chi connectivity index (χ1) is 17.3. The molecule has 0 fully saturated rings. The van der Waals surface area contributed by atoms with Crippen molar-refractivity contribution in [2.75, 3.05) is 29.9 Å². The molecule has 0 spiro atoms. The van der Waals surface area contributed by atoms with E-state index in [1.807, 2.05) is 44.2 Å². The van der Waals surface area contributed by atoms with E-state index < -0.39 is 28.5 Å². The third-order valence-corrected chi connectivity index (χ3v) is 7.97. The second kappa shape index (κ2) is 10.4. The maximum atomic E-state index is 13.4. The van der Waals surface area contributed by atoms with E-state index in [9.17, 15) is 18.0 Å². The van der Waals surface area contributed by atoms with Crippen LogP contribution >= 0.6 is 0 Å². The van der Waals surface area contributed by atoms with E-state index in [2.05, 4.69) is 5.32 Å². The molecule has 0 aliphatic carbocycles. The molecule has 188 valence electrons. The summed E-state index contributed by atoms with van der Waals surface area (Å²) in [4.78, 5) is 25.3. The number of para-hydroxylation sites is 2. The molecule has 4 rings (SSSR count). The number of carbonyl (C=O) groups is 2. The second-order valence-electron chi connectivity index (χ2n) is 8.40. The molecular weight excluding hydrogens is 480 g/mol. The minimum Gasteiger partial charge on any atom is -0.496 e. The Bertz CT molecular complexity index is 1420. The van der Waals surface area contributed by atoms with Gasteiger partial charge in [-0.05, 0) is 60.7 Å². The van der Waals surface area contributed by atoms with Crippen LogP contribution in [0.4, 0.5) is 11.4 Å². The molecule has 0 saturated carbocycles. The predicted molar refractivity (Wildman–Crippen MR) is 137 cm³/mol. The van der Waals surface area contributed by atoms with Crippen molar-refractivity contribution in [3.05, 3.63) is 82.9 Å². The lowest BCUT2D eigenvalue weighted by atomic mass is 10.1. The van der Waals surface area contributed by atoms with Crippen LogP contribution in [0.1, 0.15) is 34.0 Å². The van der Waals surface area contributed by atoms with E-state index in [-0.39, 0.29) is 16.2 Å². The van der Waals surface area contributed by atoms with Gasteiger partial charge in [-0.2, -0.15) is 0 Å². The Morgan fingerprint density at radius 1 is 1.06 bits per heavy atom. The Morgan fingerprint density at radius 2 is 1.83 bits per heavy atom. The summed E-state index contributed by atoms with van der Waals surface area (Å²) in [5.74, 6) is -1.21. The van der Waals surface area contributed by atoms with Crippen molar-refractivity contribution in [1.82, 2.24) is 0 Å². The van der Waals surface area contributed by atoms with Gasteiger partial charge in [0.05, 0.1) is 17.7 Å². The lowest BCUT2D eigenvalue weighted by molar-refractivity contribution is -0.119. The molecule has 9 heteroatoms. The van der Waals surface area contributed by atoms with E-state index in [0.29, 0.717) is 24.3 Å². The fraction of sp³-hybridized carbons (Fsp3) is 0.259. The van der Waals surface area contributed by atoms with Crippen LogP contribution in [0, 0.1) is 6.92 Å². The smallest absolute Gasteiger partial charge is 0.342 e.